The number of rotatable bonds is 3. The second-order valence-corrected chi connectivity index (χ2v) is 5.39. The van der Waals surface area contributed by atoms with Gasteiger partial charge in [-0.25, -0.2) is 4.79 Å². The van der Waals surface area contributed by atoms with Gasteiger partial charge in [0.05, 0.1) is 12.7 Å². The maximum atomic E-state index is 11.3. The number of hydrogen-bond donors (Lipinski definition) is 0. The van der Waals surface area contributed by atoms with Crippen LogP contribution in [0, 0.1) is 0 Å². The lowest BCUT2D eigenvalue weighted by atomic mass is 10.0. The lowest BCUT2D eigenvalue weighted by molar-refractivity contribution is -0.0951. The van der Waals surface area contributed by atoms with Crippen LogP contribution < -0.4 is 0 Å². The molecule has 1 saturated heterocycles. The Balaban J connectivity index is 2.36. The number of carbonyl (C=O) groups excluding carboxylic acids is 1. The molecule has 0 aromatic carbocycles. The molecule has 1 rings (SSSR count). The second kappa shape index (κ2) is 5.69. The third-order valence-corrected chi connectivity index (χ3v) is 3.01. The number of morpholine rings is 1. The monoisotopic (exact) mass is 244 g/mol. The normalized spacial score (nSPS) is 24.4. The van der Waals surface area contributed by atoms with Crippen molar-refractivity contribution in [1.29, 1.82) is 0 Å². The van der Waals surface area contributed by atoms with Gasteiger partial charge in [-0.3, -0.25) is 4.90 Å². The summed E-state index contributed by atoms with van der Waals surface area (Å²) in [6.45, 7) is 9.13. The van der Waals surface area contributed by atoms with E-state index in [1.54, 1.807) is 14.1 Å². The highest BCUT2D eigenvalue weighted by Gasteiger charge is 2.33. The first kappa shape index (κ1) is 14.3. The standard InChI is InChI=1S/C12H24N2O3/c1-10-8-14(12(2,3)9-17-10)6-7-16-11(15)13(4)5/h10H,6-9H2,1-5H3/t10-/m1/s1. The van der Waals surface area contributed by atoms with Gasteiger partial charge in [-0.15, -0.1) is 0 Å². The summed E-state index contributed by atoms with van der Waals surface area (Å²) in [5, 5.41) is 0. The lowest BCUT2D eigenvalue weighted by Gasteiger charge is -2.44. The molecule has 0 bridgehead atoms. The largest absolute Gasteiger partial charge is 0.448 e. The Kier molecular flexibility index (Phi) is 4.77. The molecule has 0 aromatic rings. The van der Waals surface area contributed by atoms with Crippen LogP contribution in [0.15, 0.2) is 0 Å². The minimum absolute atomic E-state index is 0.0109. The SMILES string of the molecule is C[C@@H]1CN(CCOC(=O)N(C)C)C(C)(C)CO1. The first-order chi connectivity index (χ1) is 7.83. The fourth-order valence-corrected chi connectivity index (χ4v) is 1.81. The Hall–Kier alpha value is -0.810. The van der Waals surface area contributed by atoms with Gasteiger partial charge in [-0.1, -0.05) is 0 Å². The molecule has 1 atom stereocenters. The van der Waals surface area contributed by atoms with E-state index in [-0.39, 0.29) is 17.7 Å². The zero-order valence-corrected chi connectivity index (χ0v) is 11.5. The number of amides is 1. The molecule has 1 amide bonds. The molecule has 0 aliphatic carbocycles. The Morgan fingerprint density at radius 3 is 2.76 bits per heavy atom. The van der Waals surface area contributed by atoms with Gasteiger partial charge in [0.1, 0.15) is 6.61 Å². The van der Waals surface area contributed by atoms with E-state index in [9.17, 15) is 4.79 Å². The van der Waals surface area contributed by atoms with E-state index in [4.69, 9.17) is 9.47 Å². The van der Waals surface area contributed by atoms with Crippen LogP contribution in [0.2, 0.25) is 0 Å². The van der Waals surface area contributed by atoms with E-state index < -0.39 is 0 Å². The average Bonchev–Trinajstić information content (AvgIpc) is 2.23. The molecule has 1 aliphatic rings. The summed E-state index contributed by atoms with van der Waals surface area (Å²) in [6.07, 6.45) is -0.0447. The summed E-state index contributed by atoms with van der Waals surface area (Å²) in [4.78, 5) is 15.0. The van der Waals surface area contributed by atoms with E-state index >= 15 is 0 Å². The van der Waals surface area contributed by atoms with Crippen molar-refractivity contribution in [2.75, 3.05) is 40.4 Å². The minimum atomic E-state index is -0.288. The Labute approximate surface area is 104 Å². The molecular weight excluding hydrogens is 220 g/mol. The summed E-state index contributed by atoms with van der Waals surface area (Å²) >= 11 is 0. The summed E-state index contributed by atoms with van der Waals surface area (Å²) < 4.78 is 10.8. The molecule has 0 unspecified atom stereocenters. The van der Waals surface area contributed by atoms with Gasteiger partial charge >= 0.3 is 6.09 Å². The van der Waals surface area contributed by atoms with E-state index in [1.807, 2.05) is 0 Å². The van der Waals surface area contributed by atoms with Gasteiger partial charge in [0.15, 0.2) is 0 Å². The highest BCUT2D eigenvalue weighted by Crippen LogP contribution is 2.21. The van der Waals surface area contributed by atoms with Crippen LogP contribution in [-0.2, 0) is 9.47 Å². The van der Waals surface area contributed by atoms with Crippen molar-refractivity contribution in [3.8, 4) is 0 Å². The summed E-state index contributed by atoms with van der Waals surface area (Å²) in [5.41, 5.74) is 0.0109. The average molecular weight is 244 g/mol. The van der Waals surface area contributed by atoms with Crippen molar-refractivity contribution in [1.82, 2.24) is 9.80 Å². The molecule has 0 aromatic heterocycles. The van der Waals surface area contributed by atoms with E-state index in [2.05, 4.69) is 25.7 Å². The van der Waals surface area contributed by atoms with Gasteiger partial charge in [0.2, 0.25) is 0 Å². The van der Waals surface area contributed by atoms with Gasteiger partial charge in [0, 0.05) is 32.7 Å². The number of hydrogen-bond acceptors (Lipinski definition) is 4. The van der Waals surface area contributed by atoms with Crippen LogP contribution in [-0.4, -0.2) is 67.9 Å². The van der Waals surface area contributed by atoms with E-state index in [0.29, 0.717) is 6.61 Å². The maximum absolute atomic E-state index is 11.3. The highest BCUT2D eigenvalue weighted by molar-refractivity contribution is 5.66. The van der Waals surface area contributed by atoms with Crippen molar-refractivity contribution in [3.63, 3.8) is 0 Å². The molecule has 0 N–H and O–H groups in total. The molecule has 17 heavy (non-hydrogen) atoms. The lowest BCUT2D eigenvalue weighted by Crippen LogP contribution is -2.56. The van der Waals surface area contributed by atoms with Crippen LogP contribution in [0.25, 0.3) is 0 Å². The van der Waals surface area contributed by atoms with Crippen LogP contribution >= 0.6 is 0 Å². The Morgan fingerprint density at radius 1 is 1.53 bits per heavy atom. The molecule has 0 spiro atoms. The highest BCUT2D eigenvalue weighted by atomic mass is 16.6. The second-order valence-electron chi connectivity index (χ2n) is 5.39. The molecule has 1 heterocycles. The number of nitrogens with zero attached hydrogens (tertiary/aromatic N) is 2. The third-order valence-electron chi connectivity index (χ3n) is 3.01. The fourth-order valence-electron chi connectivity index (χ4n) is 1.81. The Morgan fingerprint density at radius 2 is 2.18 bits per heavy atom. The number of carbonyl (C=O) groups is 1. The molecule has 100 valence electrons. The predicted octanol–water partition coefficient (Wildman–Crippen LogP) is 1.18. The van der Waals surface area contributed by atoms with Crippen LogP contribution in [0.3, 0.4) is 0 Å². The smallest absolute Gasteiger partial charge is 0.409 e. The molecule has 0 saturated carbocycles. The van der Waals surface area contributed by atoms with Crippen LogP contribution in [0.1, 0.15) is 20.8 Å². The quantitative estimate of drug-likeness (QED) is 0.747. The van der Waals surface area contributed by atoms with Crippen molar-refractivity contribution in [3.05, 3.63) is 0 Å². The van der Waals surface area contributed by atoms with Crippen molar-refractivity contribution in [2.45, 2.75) is 32.4 Å². The van der Waals surface area contributed by atoms with Gasteiger partial charge in [-0.2, -0.15) is 0 Å². The first-order valence-corrected chi connectivity index (χ1v) is 6.03. The predicted molar refractivity (Wildman–Crippen MR) is 66.1 cm³/mol. The van der Waals surface area contributed by atoms with Crippen LogP contribution in [0.4, 0.5) is 4.79 Å². The molecule has 0 radical (unpaired) electrons. The zero-order valence-electron chi connectivity index (χ0n) is 11.5. The van der Waals surface area contributed by atoms with Gasteiger partial charge in [-0.05, 0) is 20.8 Å². The fraction of sp³-hybridized carbons (Fsp3) is 0.917. The van der Waals surface area contributed by atoms with Crippen molar-refractivity contribution < 1.29 is 14.3 Å². The van der Waals surface area contributed by atoms with Gasteiger partial charge in [0.25, 0.3) is 0 Å². The number of ether oxygens (including phenoxy) is 2. The minimum Gasteiger partial charge on any atom is -0.448 e. The molecule has 1 fully saturated rings. The first-order valence-electron chi connectivity index (χ1n) is 6.03. The molecular formula is C12H24N2O3. The summed E-state index contributed by atoms with van der Waals surface area (Å²) in [5.74, 6) is 0. The molecule has 5 nitrogen and oxygen atoms in total. The maximum Gasteiger partial charge on any atom is 0.409 e. The van der Waals surface area contributed by atoms with Gasteiger partial charge < -0.3 is 14.4 Å². The Bertz CT molecular complexity index is 266. The van der Waals surface area contributed by atoms with E-state index in [1.165, 1.54) is 4.90 Å². The topological polar surface area (TPSA) is 42.0 Å². The summed E-state index contributed by atoms with van der Waals surface area (Å²) in [7, 11) is 3.37. The molecule has 5 heteroatoms. The molecule has 1 aliphatic heterocycles. The summed E-state index contributed by atoms with van der Waals surface area (Å²) in [6, 6.07) is 0. The van der Waals surface area contributed by atoms with Crippen molar-refractivity contribution >= 4 is 6.09 Å². The van der Waals surface area contributed by atoms with Crippen LogP contribution in [0.5, 0.6) is 0 Å². The third kappa shape index (κ3) is 4.16. The zero-order chi connectivity index (χ0) is 13.1. The van der Waals surface area contributed by atoms with E-state index in [0.717, 1.165) is 19.7 Å². The van der Waals surface area contributed by atoms with Crippen molar-refractivity contribution in [2.24, 2.45) is 0 Å².